The van der Waals surface area contributed by atoms with E-state index in [2.05, 4.69) is 43.0 Å². The molecule has 0 radical (unpaired) electrons. The van der Waals surface area contributed by atoms with Crippen LogP contribution in [-0.2, 0) is 32.2 Å². The van der Waals surface area contributed by atoms with Gasteiger partial charge in [0.15, 0.2) is 5.69 Å². The van der Waals surface area contributed by atoms with Gasteiger partial charge in [-0.05, 0) is 36.6 Å². The lowest BCUT2D eigenvalue weighted by molar-refractivity contribution is 0.0158. The summed E-state index contributed by atoms with van der Waals surface area (Å²) in [6.07, 6.45) is 7.40. The summed E-state index contributed by atoms with van der Waals surface area (Å²) < 4.78 is 16.5. The van der Waals surface area contributed by atoms with Crippen LogP contribution in [0.3, 0.4) is 0 Å². The number of amides is 1. The van der Waals surface area contributed by atoms with Crippen LogP contribution in [0.2, 0.25) is 0 Å². The second kappa shape index (κ2) is 14.2. The van der Waals surface area contributed by atoms with Gasteiger partial charge in [-0.15, -0.1) is 0 Å². The number of aromatic hydroxyl groups is 1. The zero-order chi connectivity index (χ0) is 29.3. The number of carbonyl (C=O) groups is 1. The first-order valence-electron chi connectivity index (χ1n) is 14.3. The third-order valence-corrected chi connectivity index (χ3v) is 7.07. The molecule has 9 nitrogen and oxygen atoms in total. The average molecular weight is 555 g/mol. The minimum atomic E-state index is -0.653. The van der Waals surface area contributed by atoms with Gasteiger partial charge in [-0.25, -0.2) is 9.37 Å². The van der Waals surface area contributed by atoms with Crippen LogP contribution in [0.1, 0.15) is 93.8 Å². The predicted molar refractivity (Wildman–Crippen MR) is 153 cm³/mol. The van der Waals surface area contributed by atoms with Gasteiger partial charge in [-0.1, -0.05) is 65.5 Å². The van der Waals surface area contributed by atoms with Gasteiger partial charge >= 0.3 is 0 Å². The summed E-state index contributed by atoms with van der Waals surface area (Å²) in [5.74, 6) is -1.16. The first-order chi connectivity index (χ1) is 19.2. The van der Waals surface area contributed by atoms with Crippen molar-refractivity contribution in [1.29, 1.82) is 0 Å². The van der Waals surface area contributed by atoms with E-state index >= 15 is 0 Å². The number of aromatic nitrogens is 4. The molecule has 0 spiro atoms. The van der Waals surface area contributed by atoms with Crippen LogP contribution in [0.25, 0.3) is 0 Å². The maximum Gasteiger partial charge on any atom is 0.296 e. The lowest BCUT2D eigenvalue weighted by Crippen LogP contribution is -2.55. The molecule has 2 N–H and O–H groups in total. The zero-order valence-corrected chi connectivity index (χ0v) is 24.4. The number of rotatable bonds is 10. The number of nitrogens with one attached hydrogen (secondary N) is 1. The summed E-state index contributed by atoms with van der Waals surface area (Å²) in [4.78, 5) is 33.4. The topological polar surface area (TPSA) is 105 Å². The lowest BCUT2D eigenvalue weighted by atomic mass is 9.83. The molecule has 218 valence electrons. The van der Waals surface area contributed by atoms with E-state index in [9.17, 15) is 19.1 Å². The van der Waals surface area contributed by atoms with Gasteiger partial charge < -0.3 is 10.4 Å². The Morgan fingerprint density at radius 2 is 1.77 bits per heavy atom. The zero-order valence-electron chi connectivity index (χ0n) is 24.4. The van der Waals surface area contributed by atoms with Crippen molar-refractivity contribution in [2.24, 2.45) is 7.05 Å². The highest BCUT2D eigenvalue weighted by Gasteiger charge is 2.45. The SMILES string of the molecule is CCC.CCCCC1(CCC)c2nc(C(=O)NCc3ccc(F)cc3)c(O)c(=O)n2CCN1Cc1ccn(C)n1. The summed E-state index contributed by atoms with van der Waals surface area (Å²) in [5, 5.41) is 18.0. The molecule has 40 heavy (non-hydrogen) atoms. The Kier molecular flexibility index (Phi) is 11.0. The molecule has 0 aliphatic carbocycles. The van der Waals surface area contributed by atoms with Crippen LogP contribution < -0.4 is 10.9 Å². The fraction of sp³-hybridized carbons (Fsp3) is 0.533. The maximum atomic E-state index is 13.3. The number of hydrogen-bond donors (Lipinski definition) is 2. The van der Waals surface area contributed by atoms with Crippen LogP contribution in [0.5, 0.6) is 5.75 Å². The Bertz CT molecular complexity index is 1320. The highest BCUT2D eigenvalue weighted by atomic mass is 19.1. The molecule has 1 atom stereocenters. The van der Waals surface area contributed by atoms with Crippen molar-refractivity contribution in [3.05, 3.63) is 75.5 Å². The van der Waals surface area contributed by atoms with Gasteiger partial charge in [0.1, 0.15) is 11.6 Å². The Labute approximate surface area is 236 Å². The average Bonchev–Trinajstić information content (AvgIpc) is 3.35. The Hall–Kier alpha value is -3.53. The number of unbranched alkanes of at least 4 members (excludes halogenated alkanes) is 1. The number of halogens is 1. The van der Waals surface area contributed by atoms with E-state index in [4.69, 9.17) is 4.98 Å². The van der Waals surface area contributed by atoms with Crippen LogP contribution in [0.4, 0.5) is 4.39 Å². The Morgan fingerprint density at radius 1 is 1.07 bits per heavy atom. The second-order valence-corrected chi connectivity index (χ2v) is 10.4. The first-order valence-corrected chi connectivity index (χ1v) is 14.3. The van der Waals surface area contributed by atoms with Crippen molar-refractivity contribution >= 4 is 5.91 Å². The van der Waals surface area contributed by atoms with Gasteiger partial charge in [0, 0.05) is 39.4 Å². The van der Waals surface area contributed by atoms with E-state index in [1.165, 1.54) is 23.1 Å². The molecule has 0 saturated carbocycles. The maximum absolute atomic E-state index is 13.3. The molecule has 1 aliphatic heterocycles. The van der Waals surface area contributed by atoms with Gasteiger partial charge in [0.25, 0.3) is 11.5 Å². The molecule has 0 saturated heterocycles. The molecule has 1 aromatic carbocycles. The van der Waals surface area contributed by atoms with E-state index in [0.29, 0.717) is 31.0 Å². The summed E-state index contributed by atoms with van der Waals surface area (Å²) >= 11 is 0. The number of hydrogen-bond acceptors (Lipinski definition) is 6. The summed E-state index contributed by atoms with van der Waals surface area (Å²) in [6, 6.07) is 7.74. The lowest BCUT2D eigenvalue weighted by Gasteiger charge is -2.48. The summed E-state index contributed by atoms with van der Waals surface area (Å²) in [7, 11) is 1.88. The van der Waals surface area contributed by atoms with Crippen molar-refractivity contribution in [1.82, 2.24) is 29.5 Å². The smallest absolute Gasteiger partial charge is 0.296 e. The molecule has 1 amide bonds. The molecule has 1 unspecified atom stereocenters. The Morgan fingerprint density at radius 3 is 2.38 bits per heavy atom. The third kappa shape index (κ3) is 6.96. The molecule has 3 aromatic rings. The molecule has 3 heterocycles. The molecule has 2 aromatic heterocycles. The number of fused-ring (bicyclic) bond motifs is 1. The van der Waals surface area contributed by atoms with Crippen molar-refractivity contribution in [2.45, 2.75) is 91.4 Å². The number of benzene rings is 1. The van der Waals surface area contributed by atoms with E-state index < -0.39 is 22.8 Å². The van der Waals surface area contributed by atoms with Crippen molar-refractivity contribution < 1.29 is 14.3 Å². The predicted octanol–water partition coefficient (Wildman–Crippen LogP) is 4.87. The second-order valence-electron chi connectivity index (χ2n) is 10.4. The third-order valence-electron chi connectivity index (χ3n) is 7.07. The molecule has 0 bridgehead atoms. The van der Waals surface area contributed by atoms with Crippen molar-refractivity contribution in [3.63, 3.8) is 0 Å². The minimum Gasteiger partial charge on any atom is -0.501 e. The molecule has 4 rings (SSSR count). The molecular formula is C30H43FN6O3. The van der Waals surface area contributed by atoms with Gasteiger partial charge in [0.2, 0.25) is 5.75 Å². The van der Waals surface area contributed by atoms with Crippen LogP contribution >= 0.6 is 0 Å². The normalized spacial score (nSPS) is 16.6. The fourth-order valence-corrected chi connectivity index (χ4v) is 5.23. The summed E-state index contributed by atoms with van der Waals surface area (Å²) in [6.45, 7) is 10.1. The fourth-order valence-electron chi connectivity index (χ4n) is 5.23. The highest BCUT2D eigenvalue weighted by Crippen LogP contribution is 2.41. The molecule has 10 heteroatoms. The van der Waals surface area contributed by atoms with Crippen molar-refractivity contribution in [3.8, 4) is 5.75 Å². The number of aryl methyl sites for hydroxylation is 1. The molecule has 0 fully saturated rings. The standard InChI is InChI=1S/C27H35FN6O3.C3H8/c1-4-6-13-27(12-5-2)26-30-22(24(36)29-17-19-7-9-20(28)10-8-19)23(35)25(37)34(26)16-15-33(27)18-21-11-14-32(3)31-21;1-3-2/h7-11,14,35H,4-6,12-13,15-18H2,1-3H3,(H,29,36);3H2,1-2H3. The van der Waals surface area contributed by atoms with Crippen LogP contribution in [-0.4, -0.2) is 41.8 Å². The Balaban J connectivity index is 0.00000141. The van der Waals surface area contributed by atoms with E-state index in [0.717, 1.165) is 37.8 Å². The largest absolute Gasteiger partial charge is 0.501 e. The van der Waals surface area contributed by atoms with Crippen molar-refractivity contribution in [2.75, 3.05) is 6.54 Å². The van der Waals surface area contributed by atoms with Gasteiger partial charge in [-0.3, -0.25) is 23.7 Å². The quantitative estimate of drug-likeness (QED) is 0.371. The van der Waals surface area contributed by atoms with Gasteiger partial charge in [0.05, 0.1) is 11.2 Å². The van der Waals surface area contributed by atoms with E-state index in [-0.39, 0.29) is 18.1 Å². The van der Waals surface area contributed by atoms with Gasteiger partial charge in [-0.2, -0.15) is 5.10 Å². The van der Waals surface area contributed by atoms with Crippen LogP contribution in [0, 0.1) is 5.82 Å². The minimum absolute atomic E-state index is 0.111. The van der Waals surface area contributed by atoms with Crippen LogP contribution in [0.15, 0.2) is 41.3 Å². The highest BCUT2D eigenvalue weighted by molar-refractivity contribution is 5.94. The van der Waals surface area contributed by atoms with E-state index in [1.54, 1.807) is 16.8 Å². The first kappa shape index (κ1) is 31.0. The number of nitrogens with zero attached hydrogens (tertiary/aromatic N) is 5. The number of carbonyl (C=O) groups excluding carboxylic acids is 1. The molecule has 1 aliphatic rings. The summed E-state index contributed by atoms with van der Waals surface area (Å²) in [5.41, 5.74) is 0.140. The molecular weight excluding hydrogens is 511 g/mol. The van der Waals surface area contributed by atoms with E-state index in [1.807, 2.05) is 19.3 Å². The monoisotopic (exact) mass is 554 g/mol.